The molecule has 1 aromatic carbocycles. The van der Waals surface area contributed by atoms with Gasteiger partial charge in [0.15, 0.2) is 0 Å². The molecule has 2 aromatic rings. The van der Waals surface area contributed by atoms with E-state index in [-0.39, 0.29) is 11.9 Å². The highest BCUT2D eigenvalue weighted by Crippen LogP contribution is 2.37. The molecule has 0 fully saturated rings. The van der Waals surface area contributed by atoms with Crippen molar-refractivity contribution in [3.05, 3.63) is 55.1 Å². The summed E-state index contributed by atoms with van der Waals surface area (Å²) in [4.78, 5) is 13.0. The topological polar surface area (TPSA) is 32.7 Å². The first kappa shape index (κ1) is 14.9. The van der Waals surface area contributed by atoms with E-state index < -0.39 is 0 Å². The average Bonchev–Trinajstić information content (AvgIpc) is 3.05. The Bertz CT molecular complexity index is 709. The summed E-state index contributed by atoms with van der Waals surface area (Å²) in [6, 6.07) is 12.1. The Morgan fingerprint density at radius 2 is 1.95 bits per heavy atom. The van der Waals surface area contributed by atoms with Gasteiger partial charge in [-0.15, -0.1) is 11.3 Å². The van der Waals surface area contributed by atoms with Gasteiger partial charge in [0.2, 0.25) is 5.91 Å². The minimum Gasteiger partial charge on any atom is -0.273 e. The van der Waals surface area contributed by atoms with Crippen molar-refractivity contribution in [3.8, 4) is 0 Å². The van der Waals surface area contributed by atoms with Gasteiger partial charge >= 0.3 is 0 Å². The van der Waals surface area contributed by atoms with Crippen LogP contribution in [0.4, 0.5) is 0 Å². The van der Waals surface area contributed by atoms with Gasteiger partial charge in [0.05, 0.1) is 15.5 Å². The summed E-state index contributed by atoms with van der Waals surface area (Å²) in [5.41, 5.74) is 2.01. The predicted octanol–water partition coefficient (Wildman–Crippen LogP) is 4.97. The fourth-order valence-corrected chi connectivity index (χ4v) is 4.12. The summed E-state index contributed by atoms with van der Waals surface area (Å²) < 4.78 is 2.10. The Labute approximate surface area is 143 Å². The second-order valence-corrected chi connectivity index (χ2v) is 8.19. The summed E-state index contributed by atoms with van der Waals surface area (Å²) in [6.07, 6.45) is 0.744. The zero-order valence-corrected chi connectivity index (χ0v) is 15.2. The number of hydrazone groups is 1. The lowest BCUT2D eigenvalue weighted by Crippen LogP contribution is -2.23. The maximum Gasteiger partial charge on any atom is 0.240 e. The quantitative estimate of drug-likeness (QED) is 0.665. The Balaban J connectivity index is 1.92. The number of thiophene rings is 1. The molecule has 1 atom stereocenters. The molecule has 3 nitrogen and oxygen atoms in total. The molecule has 1 amide bonds. The molecule has 0 N–H and O–H groups in total. The summed E-state index contributed by atoms with van der Waals surface area (Å²) in [5, 5.41) is 6.12. The number of hydrogen-bond acceptors (Lipinski definition) is 3. The monoisotopic (exact) mass is 426 g/mol. The van der Waals surface area contributed by atoms with E-state index in [2.05, 4.69) is 43.0 Å². The van der Waals surface area contributed by atoms with Crippen molar-refractivity contribution in [2.24, 2.45) is 5.10 Å². The average molecular weight is 428 g/mol. The molecule has 21 heavy (non-hydrogen) atoms. The van der Waals surface area contributed by atoms with E-state index in [1.807, 2.05) is 30.3 Å². The first-order valence-electron chi connectivity index (χ1n) is 6.43. The van der Waals surface area contributed by atoms with Crippen LogP contribution < -0.4 is 0 Å². The SMILES string of the molecule is CC(=O)N1N=C(c2ccc(Br)cc2)CC1c1ccc(Br)s1. The third-order valence-electron chi connectivity index (χ3n) is 3.33. The van der Waals surface area contributed by atoms with Gasteiger partial charge in [0.1, 0.15) is 0 Å². The number of carbonyl (C=O) groups is 1. The van der Waals surface area contributed by atoms with E-state index >= 15 is 0 Å². The highest BCUT2D eigenvalue weighted by atomic mass is 79.9. The fraction of sp³-hybridized carbons (Fsp3) is 0.200. The first-order chi connectivity index (χ1) is 10.0. The van der Waals surface area contributed by atoms with Crippen LogP contribution in [0, 0.1) is 0 Å². The third kappa shape index (κ3) is 3.12. The minimum absolute atomic E-state index is 0.00236. The van der Waals surface area contributed by atoms with E-state index in [0.29, 0.717) is 0 Å². The van der Waals surface area contributed by atoms with Crippen molar-refractivity contribution in [2.75, 3.05) is 0 Å². The van der Waals surface area contributed by atoms with Gasteiger partial charge < -0.3 is 0 Å². The van der Waals surface area contributed by atoms with Crippen LogP contribution in [-0.4, -0.2) is 16.6 Å². The van der Waals surface area contributed by atoms with Gasteiger partial charge in [-0.3, -0.25) is 4.79 Å². The van der Waals surface area contributed by atoms with E-state index in [1.165, 1.54) is 0 Å². The molecule has 1 aromatic heterocycles. The molecule has 3 rings (SSSR count). The maximum atomic E-state index is 11.9. The van der Waals surface area contributed by atoms with Gasteiger partial charge in [-0.2, -0.15) is 5.10 Å². The van der Waals surface area contributed by atoms with Crippen LogP contribution in [-0.2, 0) is 4.79 Å². The lowest BCUT2D eigenvalue weighted by atomic mass is 10.0. The molecule has 0 saturated carbocycles. The fourth-order valence-electron chi connectivity index (χ4n) is 2.35. The highest BCUT2D eigenvalue weighted by molar-refractivity contribution is 9.11. The number of benzene rings is 1. The Morgan fingerprint density at radius 1 is 1.24 bits per heavy atom. The van der Waals surface area contributed by atoms with E-state index in [4.69, 9.17) is 0 Å². The molecule has 1 aliphatic heterocycles. The minimum atomic E-state index is -0.0309. The van der Waals surface area contributed by atoms with E-state index in [0.717, 1.165) is 30.8 Å². The summed E-state index contributed by atoms with van der Waals surface area (Å²) in [6.45, 7) is 1.56. The molecule has 0 spiro atoms. The Morgan fingerprint density at radius 3 is 2.52 bits per heavy atom. The molecule has 108 valence electrons. The van der Waals surface area contributed by atoms with Gasteiger partial charge in [0, 0.05) is 22.7 Å². The summed E-state index contributed by atoms with van der Waals surface area (Å²) in [5.74, 6) is -0.0309. The standard InChI is InChI=1S/C15H12Br2N2OS/c1-9(20)19-13(14-6-7-15(17)21-14)8-12(18-19)10-2-4-11(16)5-3-10/h2-7,13H,8H2,1H3. The molecule has 0 bridgehead atoms. The molecular formula is C15H12Br2N2OS. The zero-order valence-electron chi connectivity index (χ0n) is 11.2. The molecule has 1 unspecified atom stereocenters. The van der Waals surface area contributed by atoms with Crippen molar-refractivity contribution in [1.29, 1.82) is 0 Å². The molecular weight excluding hydrogens is 416 g/mol. The number of nitrogens with zero attached hydrogens (tertiary/aromatic N) is 2. The van der Waals surface area contributed by atoms with Crippen molar-refractivity contribution in [1.82, 2.24) is 5.01 Å². The second-order valence-electron chi connectivity index (χ2n) is 4.78. The van der Waals surface area contributed by atoms with Crippen LogP contribution in [0.1, 0.15) is 29.8 Å². The zero-order chi connectivity index (χ0) is 15.0. The summed E-state index contributed by atoms with van der Waals surface area (Å²) in [7, 11) is 0. The maximum absolute atomic E-state index is 11.9. The van der Waals surface area contributed by atoms with Crippen molar-refractivity contribution in [3.63, 3.8) is 0 Å². The van der Waals surface area contributed by atoms with Crippen molar-refractivity contribution in [2.45, 2.75) is 19.4 Å². The van der Waals surface area contributed by atoms with Crippen molar-refractivity contribution < 1.29 is 4.79 Å². The molecule has 0 saturated heterocycles. The second kappa shape index (κ2) is 6.02. The smallest absolute Gasteiger partial charge is 0.240 e. The van der Waals surface area contributed by atoms with Crippen LogP contribution in [0.3, 0.4) is 0 Å². The Kier molecular flexibility index (Phi) is 4.28. The molecule has 0 radical (unpaired) electrons. The molecule has 1 aliphatic rings. The largest absolute Gasteiger partial charge is 0.273 e. The number of halogens is 2. The lowest BCUT2D eigenvalue weighted by Gasteiger charge is -2.18. The number of amides is 1. The molecule has 2 heterocycles. The predicted molar refractivity (Wildman–Crippen MR) is 92.6 cm³/mol. The van der Waals surface area contributed by atoms with Crippen LogP contribution >= 0.6 is 43.2 Å². The van der Waals surface area contributed by atoms with Crippen LogP contribution in [0.2, 0.25) is 0 Å². The Hall–Kier alpha value is -0.980. The van der Waals surface area contributed by atoms with Crippen LogP contribution in [0.15, 0.2) is 49.8 Å². The van der Waals surface area contributed by atoms with Crippen molar-refractivity contribution >= 4 is 54.8 Å². The summed E-state index contributed by atoms with van der Waals surface area (Å²) >= 11 is 8.56. The third-order valence-corrected chi connectivity index (χ3v) is 5.59. The molecule has 0 aliphatic carbocycles. The first-order valence-corrected chi connectivity index (χ1v) is 8.83. The normalized spacial score (nSPS) is 18.0. The van der Waals surface area contributed by atoms with E-state index in [1.54, 1.807) is 23.3 Å². The van der Waals surface area contributed by atoms with Gasteiger partial charge in [0.25, 0.3) is 0 Å². The lowest BCUT2D eigenvalue weighted by molar-refractivity contribution is -0.130. The number of carbonyl (C=O) groups excluding carboxylic acids is 1. The van der Waals surface area contributed by atoms with Gasteiger partial charge in [-0.05, 0) is 45.8 Å². The van der Waals surface area contributed by atoms with Gasteiger partial charge in [-0.1, -0.05) is 28.1 Å². The van der Waals surface area contributed by atoms with Crippen LogP contribution in [0.5, 0.6) is 0 Å². The molecule has 6 heteroatoms. The van der Waals surface area contributed by atoms with Gasteiger partial charge in [-0.25, -0.2) is 5.01 Å². The highest BCUT2D eigenvalue weighted by Gasteiger charge is 2.32. The van der Waals surface area contributed by atoms with Crippen LogP contribution in [0.25, 0.3) is 0 Å². The number of rotatable bonds is 2. The number of hydrogen-bond donors (Lipinski definition) is 0. The van der Waals surface area contributed by atoms with E-state index in [9.17, 15) is 4.79 Å².